The van der Waals surface area contributed by atoms with Crippen LogP contribution in [0.2, 0.25) is 0 Å². The SMILES string of the molecule is O=C1OCCC1NCc1ccc2[nH]c(-c3cc4ccccc4[nH]c3=O)cc2c1. The van der Waals surface area contributed by atoms with Gasteiger partial charge in [0.25, 0.3) is 5.56 Å². The molecule has 0 spiro atoms. The third-order valence-corrected chi connectivity index (χ3v) is 5.22. The number of fused-ring (bicyclic) bond motifs is 2. The van der Waals surface area contributed by atoms with E-state index in [1.165, 1.54) is 0 Å². The number of hydrogen-bond donors (Lipinski definition) is 3. The van der Waals surface area contributed by atoms with Crippen LogP contribution in [0.5, 0.6) is 0 Å². The lowest BCUT2D eigenvalue weighted by Crippen LogP contribution is -2.32. The van der Waals surface area contributed by atoms with Crippen molar-refractivity contribution in [3.8, 4) is 11.3 Å². The van der Waals surface area contributed by atoms with E-state index >= 15 is 0 Å². The number of cyclic esters (lactones) is 1. The molecule has 1 aliphatic rings. The van der Waals surface area contributed by atoms with Gasteiger partial charge in [-0.1, -0.05) is 24.3 Å². The number of rotatable bonds is 4. The number of ether oxygens (including phenoxy) is 1. The third-order valence-electron chi connectivity index (χ3n) is 5.22. The Labute approximate surface area is 160 Å². The molecule has 1 unspecified atom stereocenters. The minimum absolute atomic E-state index is 0.119. The molecular formula is C22H19N3O3. The molecule has 5 rings (SSSR count). The molecule has 28 heavy (non-hydrogen) atoms. The van der Waals surface area contributed by atoms with Gasteiger partial charge in [0.1, 0.15) is 6.04 Å². The summed E-state index contributed by atoms with van der Waals surface area (Å²) < 4.78 is 4.98. The molecule has 0 amide bonds. The highest BCUT2D eigenvalue weighted by atomic mass is 16.5. The largest absolute Gasteiger partial charge is 0.464 e. The smallest absolute Gasteiger partial charge is 0.323 e. The molecule has 6 nitrogen and oxygen atoms in total. The summed E-state index contributed by atoms with van der Waals surface area (Å²) in [6.07, 6.45) is 0.708. The third kappa shape index (κ3) is 2.97. The fraction of sp³-hybridized carbons (Fsp3) is 0.182. The number of aromatic amines is 2. The molecule has 140 valence electrons. The highest BCUT2D eigenvalue weighted by Gasteiger charge is 2.25. The van der Waals surface area contributed by atoms with Crippen LogP contribution in [0, 0.1) is 0 Å². The van der Waals surface area contributed by atoms with Crippen LogP contribution >= 0.6 is 0 Å². The number of H-pyrrole nitrogens is 2. The maximum absolute atomic E-state index is 12.5. The Morgan fingerprint density at radius 3 is 2.68 bits per heavy atom. The van der Waals surface area contributed by atoms with Gasteiger partial charge in [-0.3, -0.25) is 9.59 Å². The summed E-state index contributed by atoms with van der Waals surface area (Å²) in [6.45, 7) is 1.07. The summed E-state index contributed by atoms with van der Waals surface area (Å²) in [4.78, 5) is 30.4. The quantitative estimate of drug-likeness (QED) is 0.480. The number of carbonyl (C=O) groups excluding carboxylic acids is 1. The molecule has 3 heterocycles. The maximum atomic E-state index is 12.5. The van der Waals surface area contributed by atoms with Crippen LogP contribution < -0.4 is 10.9 Å². The molecule has 2 aromatic carbocycles. The van der Waals surface area contributed by atoms with Crippen molar-refractivity contribution < 1.29 is 9.53 Å². The van der Waals surface area contributed by atoms with E-state index in [0.717, 1.165) is 33.1 Å². The van der Waals surface area contributed by atoms with Gasteiger partial charge >= 0.3 is 5.97 Å². The lowest BCUT2D eigenvalue weighted by atomic mass is 10.1. The first-order chi connectivity index (χ1) is 13.7. The van der Waals surface area contributed by atoms with Crippen LogP contribution in [-0.4, -0.2) is 28.6 Å². The molecule has 0 saturated carbocycles. The van der Waals surface area contributed by atoms with E-state index in [0.29, 0.717) is 25.1 Å². The van der Waals surface area contributed by atoms with E-state index in [1.807, 2.05) is 48.5 Å². The van der Waals surface area contributed by atoms with Gasteiger partial charge in [-0.2, -0.15) is 0 Å². The van der Waals surface area contributed by atoms with E-state index in [-0.39, 0.29) is 17.6 Å². The maximum Gasteiger partial charge on any atom is 0.323 e. The van der Waals surface area contributed by atoms with E-state index in [2.05, 4.69) is 21.4 Å². The van der Waals surface area contributed by atoms with Gasteiger partial charge < -0.3 is 20.0 Å². The van der Waals surface area contributed by atoms with Crippen LogP contribution in [0.25, 0.3) is 33.1 Å². The second kappa shape index (κ2) is 6.65. The summed E-state index contributed by atoms with van der Waals surface area (Å²) in [5.41, 5.74) is 4.14. The van der Waals surface area contributed by atoms with Crippen molar-refractivity contribution in [2.45, 2.75) is 19.0 Å². The minimum atomic E-state index is -0.228. The van der Waals surface area contributed by atoms with Crippen molar-refractivity contribution in [1.29, 1.82) is 0 Å². The summed E-state index contributed by atoms with van der Waals surface area (Å²) in [5, 5.41) is 5.25. The van der Waals surface area contributed by atoms with Gasteiger partial charge in [0.05, 0.1) is 17.9 Å². The zero-order valence-electron chi connectivity index (χ0n) is 15.1. The first-order valence-electron chi connectivity index (χ1n) is 9.31. The van der Waals surface area contributed by atoms with Crippen molar-refractivity contribution in [1.82, 2.24) is 15.3 Å². The van der Waals surface area contributed by atoms with Crippen LogP contribution in [-0.2, 0) is 16.1 Å². The number of carbonyl (C=O) groups is 1. The van der Waals surface area contributed by atoms with E-state index in [9.17, 15) is 9.59 Å². The average molecular weight is 373 g/mol. The molecule has 1 aliphatic heterocycles. The molecule has 4 aromatic rings. The molecule has 3 N–H and O–H groups in total. The molecule has 1 atom stereocenters. The van der Waals surface area contributed by atoms with Crippen LogP contribution in [0.1, 0.15) is 12.0 Å². The molecule has 1 fully saturated rings. The number of esters is 1. The Kier molecular flexibility index (Phi) is 3.98. The average Bonchev–Trinajstić information content (AvgIpc) is 3.31. The molecule has 0 bridgehead atoms. The highest BCUT2D eigenvalue weighted by molar-refractivity contribution is 5.89. The number of nitrogens with one attached hydrogen (secondary N) is 3. The van der Waals surface area contributed by atoms with Gasteiger partial charge in [0.2, 0.25) is 0 Å². The topological polar surface area (TPSA) is 87.0 Å². The van der Waals surface area contributed by atoms with Gasteiger partial charge in [0, 0.05) is 29.4 Å². The number of pyridine rings is 1. The first-order valence-corrected chi connectivity index (χ1v) is 9.31. The number of aromatic nitrogens is 2. The minimum Gasteiger partial charge on any atom is -0.464 e. The Hall–Kier alpha value is -3.38. The fourth-order valence-electron chi connectivity index (χ4n) is 3.71. The molecule has 1 saturated heterocycles. The standard InChI is InChI=1S/C22H19N3O3/c26-21-16(10-14-3-1-2-4-17(14)25-21)20-11-15-9-13(5-6-18(15)24-20)12-23-19-7-8-28-22(19)27/h1-6,9-11,19,23-24H,7-8,12H2,(H,25,26). The van der Waals surface area contributed by atoms with E-state index in [4.69, 9.17) is 4.74 Å². The van der Waals surface area contributed by atoms with Crippen molar-refractivity contribution in [2.75, 3.05) is 6.61 Å². The summed E-state index contributed by atoms with van der Waals surface area (Å²) in [6, 6.07) is 17.5. The van der Waals surface area contributed by atoms with Gasteiger partial charge in [-0.05, 0) is 41.3 Å². The van der Waals surface area contributed by atoms with Gasteiger partial charge in [-0.25, -0.2) is 0 Å². The van der Waals surface area contributed by atoms with Crippen LogP contribution in [0.3, 0.4) is 0 Å². The number of benzene rings is 2. The van der Waals surface area contributed by atoms with Gasteiger partial charge in [0.15, 0.2) is 0 Å². The van der Waals surface area contributed by atoms with Crippen molar-refractivity contribution >= 4 is 27.8 Å². The van der Waals surface area contributed by atoms with Crippen LogP contribution in [0.4, 0.5) is 0 Å². The lowest BCUT2D eigenvalue weighted by Gasteiger charge is -2.08. The van der Waals surface area contributed by atoms with Crippen molar-refractivity contribution in [2.24, 2.45) is 0 Å². The summed E-state index contributed by atoms with van der Waals surface area (Å²) in [5.74, 6) is -0.180. The molecule has 6 heteroatoms. The zero-order valence-corrected chi connectivity index (χ0v) is 15.1. The Bertz CT molecular complexity index is 1250. The number of hydrogen-bond acceptors (Lipinski definition) is 4. The van der Waals surface area contributed by atoms with Crippen molar-refractivity contribution in [3.05, 3.63) is 70.5 Å². The second-order valence-electron chi connectivity index (χ2n) is 7.09. The zero-order chi connectivity index (χ0) is 19.1. The second-order valence-corrected chi connectivity index (χ2v) is 7.09. The Morgan fingerprint density at radius 2 is 1.82 bits per heavy atom. The lowest BCUT2D eigenvalue weighted by molar-refractivity contribution is -0.139. The highest BCUT2D eigenvalue weighted by Crippen LogP contribution is 2.25. The van der Waals surface area contributed by atoms with Crippen molar-refractivity contribution in [3.63, 3.8) is 0 Å². The van der Waals surface area contributed by atoms with E-state index < -0.39 is 0 Å². The Balaban J connectivity index is 1.46. The van der Waals surface area contributed by atoms with E-state index in [1.54, 1.807) is 0 Å². The molecule has 0 aliphatic carbocycles. The van der Waals surface area contributed by atoms with Crippen LogP contribution in [0.15, 0.2) is 59.4 Å². The Morgan fingerprint density at radius 1 is 0.964 bits per heavy atom. The fourth-order valence-corrected chi connectivity index (χ4v) is 3.71. The normalized spacial score (nSPS) is 16.7. The van der Waals surface area contributed by atoms with Gasteiger partial charge in [-0.15, -0.1) is 0 Å². The summed E-state index contributed by atoms with van der Waals surface area (Å²) >= 11 is 0. The monoisotopic (exact) mass is 373 g/mol. The predicted molar refractivity (Wildman–Crippen MR) is 108 cm³/mol. The molecular weight excluding hydrogens is 354 g/mol. The number of para-hydroxylation sites is 1. The summed E-state index contributed by atoms with van der Waals surface area (Å²) in [7, 11) is 0. The first kappa shape index (κ1) is 16.8. The molecule has 0 radical (unpaired) electrons. The predicted octanol–water partition coefficient (Wildman–Crippen LogP) is 3.08. The molecule has 2 aromatic heterocycles.